The summed E-state index contributed by atoms with van der Waals surface area (Å²) in [4.78, 5) is 10.2. The molecular weight excluding hydrogens is 749 g/mol. The van der Waals surface area contributed by atoms with E-state index in [-0.39, 0.29) is 0 Å². The molecule has 1 heterocycles. The Balaban J connectivity index is 0.914. The van der Waals surface area contributed by atoms with Crippen molar-refractivity contribution in [2.45, 2.75) is 0 Å². The standard InChI is InChI=1S/C60H36N2/c1-2-11-45(12-3-1)60-61-54(36-55(62-60)49-18-6-13-40-10-4-5-17-48(40)49)41-28-26-38(27-29-41)37-22-24-39(25-23-37)47-34-46-33-32-44-15-8-20-51-50-19-7-14-42-30-31-43-16-9-21-52(58(43)56(42)50)53(35-47)59(46)57(44)51/h1-36H. The van der Waals surface area contributed by atoms with Crippen LogP contribution < -0.4 is 0 Å². The van der Waals surface area contributed by atoms with Gasteiger partial charge < -0.3 is 0 Å². The van der Waals surface area contributed by atoms with E-state index in [1.807, 2.05) is 18.2 Å². The first kappa shape index (κ1) is 34.6. The molecule has 0 N–H and O–H groups in total. The van der Waals surface area contributed by atoms with Crippen molar-refractivity contribution in [3.05, 3.63) is 218 Å². The van der Waals surface area contributed by atoms with E-state index in [2.05, 4.69) is 200 Å². The molecule has 1 aromatic heterocycles. The van der Waals surface area contributed by atoms with Crippen LogP contribution in [0.2, 0.25) is 0 Å². The molecular formula is C60H36N2. The first-order valence-corrected chi connectivity index (χ1v) is 21.3. The summed E-state index contributed by atoms with van der Waals surface area (Å²) in [5, 5.41) is 17.9. The molecule has 0 amide bonds. The lowest BCUT2D eigenvalue weighted by Gasteiger charge is -2.17. The van der Waals surface area contributed by atoms with Crippen molar-refractivity contribution in [3.63, 3.8) is 0 Å². The summed E-state index contributed by atoms with van der Waals surface area (Å²) < 4.78 is 0. The Bertz CT molecular complexity index is 3880. The zero-order valence-corrected chi connectivity index (χ0v) is 33.7. The smallest absolute Gasteiger partial charge is 0.160 e. The second kappa shape index (κ2) is 13.7. The number of nitrogens with zero attached hydrogens (tertiary/aromatic N) is 2. The Labute approximate surface area is 358 Å². The van der Waals surface area contributed by atoms with Crippen LogP contribution in [0.25, 0.3) is 132 Å². The Kier molecular flexibility index (Phi) is 7.64. The van der Waals surface area contributed by atoms with Crippen LogP contribution >= 0.6 is 0 Å². The Morgan fingerprint density at radius 2 is 0.677 bits per heavy atom. The predicted molar refractivity (Wildman–Crippen MR) is 263 cm³/mol. The molecule has 2 nitrogen and oxygen atoms in total. The van der Waals surface area contributed by atoms with Crippen molar-refractivity contribution >= 4 is 75.4 Å². The summed E-state index contributed by atoms with van der Waals surface area (Å²) in [5.74, 6) is 0.715. The fourth-order valence-corrected chi connectivity index (χ4v) is 10.0. The highest BCUT2D eigenvalue weighted by Crippen LogP contribution is 2.44. The summed E-state index contributed by atoms with van der Waals surface area (Å²) in [6.07, 6.45) is 0. The van der Waals surface area contributed by atoms with Gasteiger partial charge in [-0.05, 0) is 116 Å². The van der Waals surface area contributed by atoms with E-state index >= 15 is 0 Å². The van der Waals surface area contributed by atoms with E-state index in [1.54, 1.807) is 0 Å². The monoisotopic (exact) mass is 784 g/mol. The quantitative estimate of drug-likeness (QED) is 0.162. The minimum Gasteiger partial charge on any atom is -0.228 e. The molecule has 0 saturated carbocycles. The molecule has 0 radical (unpaired) electrons. The van der Waals surface area contributed by atoms with Crippen molar-refractivity contribution in [2.75, 3.05) is 0 Å². The minimum atomic E-state index is 0.715. The van der Waals surface area contributed by atoms with Gasteiger partial charge in [0.05, 0.1) is 11.4 Å². The van der Waals surface area contributed by atoms with E-state index in [0.29, 0.717) is 5.82 Å². The number of hydrogen-bond acceptors (Lipinski definition) is 2. The van der Waals surface area contributed by atoms with Gasteiger partial charge >= 0.3 is 0 Å². The lowest BCUT2D eigenvalue weighted by atomic mass is 9.86. The average molecular weight is 785 g/mol. The molecule has 0 atom stereocenters. The van der Waals surface area contributed by atoms with Gasteiger partial charge in [-0.1, -0.05) is 200 Å². The molecule has 2 heteroatoms. The molecule has 0 unspecified atom stereocenters. The molecule has 13 rings (SSSR count). The molecule has 0 aliphatic heterocycles. The summed E-state index contributed by atoms with van der Waals surface area (Å²) in [6.45, 7) is 0. The number of fused-ring (bicyclic) bond motifs is 3. The highest BCUT2D eigenvalue weighted by molar-refractivity contribution is 6.37. The molecule has 62 heavy (non-hydrogen) atoms. The molecule has 286 valence electrons. The zero-order valence-electron chi connectivity index (χ0n) is 33.7. The maximum absolute atomic E-state index is 5.12. The second-order valence-corrected chi connectivity index (χ2v) is 16.5. The fourth-order valence-electron chi connectivity index (χ4n) is 10.0. The van der Waals surface area contributed by atoms with E-state index in [9.17, 15) is 0 Å². The summed E-state index contributed by atoms with van der Waals surface area (Å²) in [6, 6.07) is 79.5. The van der Waals surface area contributed by atoms with Gasteiger partial charge in [-0.2, -0.15) is 0 Å². The lowest BCUT2D eigenvalue weighted by molar-refractivity contribution is 1.18. The van der Waals surface area contributed by atoms with Gasteiger partial charge in [0.2, 0.25) is 0 Å². The molecule has 0 spiro atoms. The fraction of sp³-hybridized carbons (Fsp3) is 0. The summed E-state index contributed by atoms with van der Waals surface area (Å²) in [5.41, 5.74) is 9.68. The Morgan fingerprint density at radius 1 is 0.226 bits per heavy atom. The molecule has 0 aliphatic carbocycles. The van der Waals surface area contributed by atoms with E-state index in [0.717, 1.165) is 33.6 Å². The van der Waals surface area contributed by atoms with E-state index < -0.39 is 0 Å². The number of rotatable bonds is 5. The van der Waals surface area contributed by atoms with Crippen LogP contribution in [0.15, 0.2) is 218 Å². The maximum atomic E-state index is 5.12. The van der Waals surface area contributed by atoms with Gasteiger partial charge in [0, 0.05) is 16.7 Å². The van der Waals surface area contributed by atoms with Gasteiger partial charge in [-0.25, -0.2) is 9.97 Å². The number of benzene rings is 11. The van der Waals surface area contributed by atoms with Gasteiger partial charge in [0.15, 0.2) is 5.82 Å². The van der Waals surface area contributed by atoms with Crippen molar-refractivity contribution < 1.29 is 0 Å². The molecule has 0 saturated heterocycles. The van der Waals surface area contributed by atoms with Gasteiger partial charge in [-0.3, -0.25) is 0 Å². The third-order valence-electron chi connectivity index (χ3n) is 13.0. The summed E-state index contributed by atoms with van der Waals surface area (Å²) >= 11 is 0. The highest BCUT2D eigenvalue weighted by Gasteiger charge is 2.17. The van der Waals surface area contributed by atoms with Crippen LogP contribution in [-0.4, -0.2) is 9.97 Å². The third kappa shape index (κ3) is 5.44. The van der Waals surface area contributed by atoms with Gasteiger partial charge in [0.1, 0.15) is 0 Å². The molecule has 12 aromatic carbocycles. The van der Waals surface area contributed by atoms with Crippen LogP contribution in [0.3, 0.4) is 0 Å². The molecule has 0 fully saturated rings. The van der Waals surface area contributed by atoms with E-state index in [4.69, 9.17) is 9.97 Å². The molecule has 0 aliphatic rings. The van der Waals surface area contributed by atoms with Crippen molar-refractivity contribution in [3.8, 4) is 56.2 Å². The van der Waals surface area contributed by atoms with Crippen LogP contribution in [0.4, 0.5) is 0 Å². The highest BCUT2D eigenvalue weighted by atomic mass is 14.9. The normalized spacial score (nSPS) is 11.9. The number of aromatic nitrogens is 2. The summed E-state index contributed by atoms with van der Waals surface area (Å²) in [7, 11) is 0. The van der Waals surface area contributed by atoms with E-state index in [1.165, 1.54) is 92.1 Å². The predicted octanol–water partition coefficient (Wildman–Crippen LogP) is 16.3. The van der Waals surface area contributed by atoms with Crippen LogP contribution in [0.5, 0.6) is 0 Å². The third-order valence-corrected chi connectivity index (χ3v) is 13.0. The lowest BCUT2D eigenvalue weighted by Crippen LogP contribution is -1.96. The first-order chi connectivity index (χ1) is 30.7. The number of hydrogen-bond donors (Lipinski definition) is 0. The SMILES string of the molecule is c1ccc(-c2nc(-c3ccc(-c4ccc(-c5cc6ccc7cccc8c9cccc%10ccc%11cccc(c(c5)c6c78)c%11c%109)cc4)cc3)cc(-c3cccc4ccccc34)n2)cc1. The topological polar surface area (TPSA) is 25.8 Å². The van der Waals surface area contributed by atoms with Gasteiger partial charge in [0.25, 0.3) is 0 Å². The Morgan fingerprint density at radius 3 is 1.32 bits per heavy atom. The largest absolute Gasteiger partial charge is 0.228 e. The van der Waals surface area contributed by atoms with Crippen molar-refractivity contribution in [2.24, 2.45) is 0 Å². The van der Waals surface area contributed by atoms with Crippen molar-refractivity contribution in [1.82, 2.24) is 9.97 Å². The second-order valence-electron chi connectivity index (χ2n) is 16.5. The van der Waals surface area contributed by atoms with Crippen LogP contribution in [0.1, 0.15) is 0 Å². The molecule has 13 aromatic rings. The molecule has 0 bridgehead atoms. The first-order valence-electron chi connectivity index (χ1n) is 21.3. The minimum absolute atomic E-state index is 0.715. The van der Waals surface area contributed by atoms with Crippen LogP contribution in [0, 0.1) is 0 Å². The van der Waals surface area contributed by atoms with Crippen LogP contribution in [-0.2, 0) is 0 Å². The zero-order chi connectivity index (χ0) is 40.7. The average Bonchev–Trinajstić information content (AvgIpc) is 3.35. The van der Waals surface area contributed by atoms with Crippen molar-refractivity contribution in [1.29, 1.82) is 0 Å². The van der Waals surface area contributed by atoms with Gasteiger partial charge in [-0.15, -0.1) is 0 Å². The Hall–Kier alpha value is -8.20. The maximum Gasteiger partial charge on any atom is 0.160 e.